The van der Waals surface area contributed by atoms with E-state index in [1.54, 1.807) is 0 Å². The van der Waals surface area contributed by atoms with Crippen molar-refractivity contribution in [2.24, 2.45) is 0 Å². The highest BCUT2D eigenvalue weighted by molar-refractivity contribution is 9.14. The molecule has 0 saturated carbocycles. The number of hydrogen-bond acceptors (Lipinski definition) is 3. The lowest BCUT2D eigenvalue weighted by molar-refractivity contribution is 0.131. The minimum absolute atomic E-state index is 0. The summed E-state index contributed by atoms with van der Waals surface area (Å²) in [5.74, 6) is 1.65. The quantitative estimate of drug-likeness (QED) is 0.380. The van der Waals surface area contributed by atoms with Crippen molar-refractivity contribution >= 4 is 60.2 Å². The van der Waals surface area contributed by atoms with Crippen molar-refractivity contribution in [2.75, 3.05) is 27.2 Å². The van der Waals surface area contributed by atoms with Crippen molar-refractivity contribution in [3.05, 3.63) is 19.0 Å². The summed E-state index contributed by atoms with van der Waals surface area (Å²) >= 11 is 10.9. The third-order valence-corrected chi connectivity index (χ3v) is 6.80. The monoisotopic (exact) mass is 519 g/mol. The van der Waals surface area contributed by atoms with Gasteiger partial charge in [-0.2, -0.15) is 0 Å². The third kappa shape index (κ3) is 4.53. The standard InChI is InChI=1S/C15H20Br3NO2.ClH/c1-15(2)8-9-10(16)11(17)12(18)14(13(9)21-15)20-7-5-6-19(3)4;/h5-8H2,1-4H3;1H. The lowest BCUT2D eigenvalue weighted by Gasteiger charge is -2.19. The van der Waals surface area contributed by atoms with Gasteiger partial charge in [-0.15, -0.1) is 12.4 Å². The van der Waals surface area contributed by atoms with Crippen LogP contribution < -0.4 is 9.47 Å². The second kappa shape index (κ2) is 8.06. The SMILES string of the molecule is CN(C)CCCOc1c(Br)c(Br)c(Br)c2c1OC(C)(C)C2.Cl. The molecular formula is C15H21Br3ClNO2. The van der Waals surface area contributed by atoms with E-state index < -0.39 is 0 Å². The molecule has 0 saturated heterocycles. The van der Waals surface area contributed by atoms with E-state index in [1.807, 2.05) is 0 Å². The number of ether oxygens (including phenoxy) is 2. The Morgan fingerprint density at radius 2 is 1.77 bits per heavy atom. The lowest BCUT2D eigenvalue weighted by atomic mass is 10.0. The molecule has 0 spiro atoms. The van der Waals surface area contributed by atoms with Crippen LogP contribution in [0.4, 0.5) is 0 Å². The summed E-state index contributed by atoms with van der Waals surface area (Å²) in [5.41, 5.74) is 0.963. The Kier molecular flexibility index (Phi) is 7.53. The van der Waals surface area contributed by atoms with E-state index in [9.17, 15) is 0 Å². The van der Waals surface area contributed by atoms with Gasteiger partial charge < -0.3 is 14.4 Å². The number of benzene rings is 1. The van der Waals surface area contributed by atoms with Gasteiger partial charge in [-0.1, -0.05) is 0 Å². The molecular weight excluding hydrogens is 501 g/mol. The zero-order chi connectivity index (χ0) is 15.8. The normalized spacial score (nSPS) is 15.3. The van der Waals surface area contributed by atoms with Gasteiger partial charge in [-0.05, 0) is 82.2 Å². The van der Waals surface area contributed by atoms with Crippen molar-refractivity contribution in [1.82, 2.24) is 4.90 Å². The van der Waals surface area contributed by atoms with E-state index in [-0.39, 0.29) is 18.0 Å². The minimum atomic E-state index is -0.202. The molecule has 1 aromatic rings. The highest BCUT2D eigenvalue weighted by Gasteiger charge is 2.36. The molecule has 3 nitrogen and oxygen atoms in total. The Labute approximate surface area is 163 Å². The van der Waals surface area contributed by atoms with Gasteiger partial charge in [0.2, 0.25) is 0 Å². The van der Waals surface area contributed by atoms with E-state index >= 15 is 0 Å². The van der Waals surface area contributed by atoms with Crippen molar-refractivity contribution in [1.29, 1.82) is 0 Å². The predicted molar refractivity (Wildman–Crippen MR) is 104 cm³/mol. The fourth-order valence-electron chi connectivity index (χ4n) is 2.35. The zero-order valence-electron chi connectivity index (χ0n) is 13.1. The molecule has 126 valence electrons. The van der Waals surface area contributed by atoms with E-state index in [1.165, 1.54) is 0 Å². The minimum Gasteiger partial charge on any atom is -0.488 e. The van der Waals surface area contributed by atoms with E-state index in [4.69, 9.17) is 9.47 Å². The van der Waals surface area contributed by atoms with Gasteiger partial charge in [0, 0.05) is 23.0 Å². The smallest absolute Gasteiger partial charge is 0.176 e. The van der Waals surface area contributed by atoms with E-state index in [2.05, 4.69) is 80.6 Å². The number of halogens is 4. The molecule has 0 radical (unpaired) electrons. The summed E-state index contributed by atoms with van der Waals surface area (Å²) in [6, 6.07) is 0. The van der Waals surface area contributed by atoms with Gasteiger partial charge in [0.15, 0.2) is 11.5 Å². The molecule has 0 amide bonds. The summed E-state index contributed by atoms with van der Waals surface area (Å²) < 4.78 is 15.0. The molecule has 7 heteroatoms. The summed E-state index contributed by atoms with van der Waals surface area (Å²) in [6.07, 6.45) is 1.84. The van der Waals surface area contributed by atoms with Crippen molar-refractivity contribution < 1.29 is 9.47 Å². The molecule has 0 unspecified atom stereocenters. The van der Waals surface area contributed by atoms with Crippen LogP contribution in [-0.4, -0.2) is 37.7 Å². The van der Waals surface area contributed by atoms with Crippen LogP contribution in [0.25, 0.3) is 0 Å². The van der Waals surface area contributed by atoms with Gasteiger partial charge in [0.1, 0.15) is 5.60 Å². The fraction of sp³-hybridized carbons (Fsp3) is 0.600. The van der Waals surface area contributed by atoms with Gasteiger partial charge in [0.25, 0.3) is 0 Å². The summed E-state index contributed by atoms with van der Waals surface area (Å²) in [7, 11) is 4.13. The van der Waals surface area contributed by atoms with Crippen LogP contribution >= 0.6 is 60.2 Å². The topological polar surface area (TPSA) is 21.7 Å². The molecule has 1 heterocycles. The summed E-state index contributed by atoms with van der Waals surface area (Å²) in [5, 5.41) is 0. The number of nitrogens with zero attached hydrogens (tertiary/aromatic N) is 1. The maximum absolute atomic E-state index is 6.10. The molecule has 0 aliphatic carbocycles. The first kappa shape index (κ1) is 20.6. The first-order valence-electron chi connectivity index (χ1n) is 6.89. The van der Waals surface area contributed by atoms with Crippen molar-refractivity contribution in [3.63, 3.8) is 0 Å². The maximum Gasteiger partial charge on any atom is 0.176 e. The average Bonchev–Trinajstić information content (AvgIpc) is 2.71. The zero-order valence-corrected chi connectivity index (χ0v) is 18.7. The molecule has 0 fully saturated rings. The number of fused-ring (bicyclic) bond motifs is 1. The number of rotatable bonds is 5. The largest absolute Gasteiger partial charge is 0.488 e. The predicted octanol–water partition coefficient (Wildman–Crippen LogP) is 5.44. The van der Waals surface area contributed by atoms with Gasteiger partial charge >= 0.3 is 0 Å². The number of hydrogen-bond donors (Lipinski definition) is 0. The Morgan fingerprint density at radius 1 is 1.14 bits per heavy atom. The van der Waals surface area contributed by atoms with Crippen molar-refractivity contribution in [3.8, 4) is 11.5 Å². The first-order valence-corrected chi connectivity index (χ1v) is 9.26. The fourth-order valence-corrected chi connectivity index (χ4v) is 4.05. The molecule has 2 rings (SSSR count). The average molecular weight is 523 g/mol. The molecule has 1 aliphatic heterocycles. The maximum atomic E-state index is 6.10. The second-order valence-corrected chi connectivity index (χ2v) is 8.50. The Bertz CT molecular complexity index is 550. The van der Waals surface area contributed by atoms with Crippen LogP contribution in [0.5, 0.6) is 11.5 Å². The van der Waals surface area contributed by atoms with Crippen LogP contribution in [0.15, 0.2) is 13.4 Å². The van der Waals surface area contributed by atoms with Crippen LogP contribution in [0.3, 0.4) is 0 Å². The van der Waals surface area contributed by atoms with Gasteiger partial charge in [-0.3, -0.25) is 0 Å². The summed E-state index contributed by atoms with van der Waals surface area (Å²) in [4.78, 5) is 2.15. The highest BCUT2D eigenvalue weighted by Crippen LogP contribution is 2.53. The highest BCUT2D eigenvalue weighted by atomic mass is 79.9. The van der Waals surface area contributed by atoms with Crippen molar-refractivity contribution in [2.45, 2.75) is 32.3 Å². The molecule has 0 bridgehead atoms. The second-order valence-electron chi connectivity index (χ2n) is 6.12. The van der Waals surface area contributed by atoms with Gasteiger partial charge in [-0.25, -0.2) is 0 Å². The van der Waals surface area contributed by atoms with Gasteiger partial charge in [0.05, 0.1) is 15.6 Å². The molecule has 1 aliphatic rings. The molecule has 0 atom stereocenters. The van der Waals surface area contributed by atoms with Crippen LogP contribution in [0.1, 0.15) is 25.8 Å². The summed E-state index contributed by atoms with van der Waals surface area (Å²) in [6.45, 7) is 5.86. The van der Waals surface area contributed by atoms with Crippen LogP contribution in [0, 0.1) is 0 Å². The van der Waals surface area contributed by atoms with E-state index in [0.29, 0.717) is 6.61 Å². The van der Waals surface area contributed by atoms with E-state index in [0.717, 1.165) is 49.9 Å². The Morgan fingerprint density at radius 3 is 2.36 bits per heavy atom. The first-order chi connectivity index (χ1) is 9.73. The Balaban J connectivity index is 0.00000242. The molecule has 22 heavy (non-hydrogen) atoms. The Hall–Kier alpha value is 0.510. The van der Waals surface area contributed by atoms with Crippen LogP contribution in [0.2, 0.25) is 0 Å². The molecule has 1 aromatic carbocycles. The van der Waals surface area contributed by atoms with Crippen LogP contribution in [-0.2, 0) is 6.42 Å². The molecule has 0 N–H and O–H groups in total. The lowest BCUT2D eigenvalue weighted by Crippen LogP contribution is -2.24. The third-order valence-electron chi connectivity index (χ3n) is 3.31. The molecule has 0 aromatic heterocycles.